The third-order valence-corrected chi connectivity index (χ3v) is 7.76. The van der Waals surface area contributed by atoms with Gasteiger partial charge in [0, 0.05) is 39.6 Å². The van der Waals surface area contributed by atoms with Crippen molar-refractivity contribution in [2.24, 2.45) is 9.98 Å². The van der Waals surface area contributed by atoms with Crippen LogP contribution in [0.2, 0.25) is 0 Å². The first kappa shape index (κ1) is 25.8. The molecule has 2 aromatic heterocycles. The molecule has 0 amide bonds. The molecule has 0 radical (unpaired) electrons. The molecule has 0 fully saturated rings. The zero-order chi connectivity index (χ0) is 28.5. The maximum atomic E-state index is 5.15. The van der Waals surface area contributed by atoms with E-state index in [2.05, 4.69) is 73.7 Å². The summed E-state index contributed by atoms with van der Waals surface area (Å²) >= 11 is 0. The number of aromatic nitrogens is 4. The summed E-state index contributed by atoms with van der Waals surface area (Å²) in [7, 11) is 0. The Bertz CT molecular complexity index is 1960. The monoisotopic (exact) mass is 546 g/mol. The SMILES string of the molecule is C/C=C1/N=CCN=C(CC)c2cccc(c2)-c2nc(nc3ccccc23)-c2nc3c(c(n2)-c2cccc1c2)C=CCC3. The molecule has 1 aliphatic heterocycles. The Morgan fingerprint density at radius 2 is 1.50 bits per heavy atom. The highest BCUT2D eigenvalue weighted by molar-refractivity contribution is 6.03. The van der Waals surface area contributed by atoms with Gasteiger partial charge in [-0.1, -0.05) is 79.7 Å². The predicted molar refractivity (Wildman–Crippen MR) is 173 cm³/mol. The van der Waals surface area contributed by atoms with Crippen LogP contribution in [0.1, 0.15) is 49.1 Å². The average molecular weight is 547 g/mol. The van der Waals surface area contributed by atoms with Gasteiger partial charge in [0.2, 0.25) is 0 Å². The van der Waals surface area contributed by atoms with Crippen molar-refractivity contribution in [3.05, 3.63) is 107 Å². The van der Waals surface area contributed by atoms with E-state index < -0.39 is 0 Å². The van der Waals surface area contributed by atoms with Crippen molar-refractivity contribution in [1.82, 2.24) is 19.9 Å². The molecule has 5 aromatic rings. The van der Waals surface area contributed by atoms with Crippen LogP contribution in [0.5, 0.6) is 0 Å². The molecule has 0 spiro atoms. The summed E-state index contributed by atoms with van der Waals surface area (Å²) in [6.45, 7) is 4.65. The van der Waals surface area contributed by atoms with Crippen LogP contribution >= 0.6 is 0 Å². The highest BCUT2D eigenvalue weighted by Crippen LogP contribution is 2.34. The minimum Gasteiger partial charge on any atom is -0.283 e. The summed E-state index contributed by atoms with van der Waals surface area (Å²) in [6.07, 6.45) is 10.9. The van der Waals surface area contributed by atoms with Gasteiger partial charge in [-0.05, 0) is 49.9 Å². The number of hydrogen-bond acceptors (Lipinski definition) is 6. The largest absolute Gasteiger partial charge is 0.283 e. The third-order valence-electron chi connectivity index (χ3n) is 7.76. The van der Waals surface area contributed by atoms with E-state index in [4.69, 9.17) is 29.9 Å². The quantitative estimate of drug-likeness (QED) is 0.213. The number of benzene rings is 3. The summed E-state index contributed by atoms with van der Waals surface area (Å²) in [5.74, 6) is 1.06. The Morgan fingerprint density at radius 1 is 0.762 bits per heavy atom. The van der Waals surface area contributed by atoms with Gasteiger partial charge in [-0.15, -0.1) is 0 Å². The van der Waals surface area contributed by atoms with Gasteiger partial charge in [0.1, 0.15) is 0 Å². The average Bonchev–Trinajstić information content (AvgIpc) is 3.05. The number of aliphatic imine (C=N–C) groups is 2. The number of fused-ring (bicyclic) bond motifs is 15. The molecule has 6 heteroatoms. The first-order chi connectivity index (χ1) is 20.7. The lowest BCUT2D eigenvalue weighted by Crippen LogP contribution is -2.08. The van der Waals surface area contributed by atoms with Crippen molar-refractivity contribution in [1.29, 1.82) is 0 Å². The second-order valence-corrected chi connectivity index (χ2v) is 10.4. The van der Waals surface area contributed by atoms with Crippen molar-refractivity contribution in [3.8, 4) is 34.2 Å². The normalized spacial score (nSPS) is 15.2. The van der Waals surface area contributed by atoms with Gasteiger partial charge in [0.05, 0.1) is 34.8 Å². The lowest BCUT2D eigenvalue weighted by atomic mass is 9.96. The minimum absolute atomic E-state index is 0.499. The van der Waals surface area contributed by atoms with Gasteiger partial charge < -0.3 is 0 Å². The lowest BCUT2D eigenvalue weighted by Gasteiger charge is -2.17. The Kier molecular flexibility index (Phi) is 6.80. The van der Waals surface area contributed by atoms with E-state index in [1.807, 2.05) is 37.4 Å². The van der Waals surface area contributed by atoms with Crippen molar-refractivity contribution in [2.75, 3.05) is 6.54 Å². The minimum atomic E-state index is 0.499. The molecule has 3 heterocycles. The predicted octanol–water partition coefficient (Wildman–Crippen LogP) is 8.02. The molecular weight excluding hydrogens is 516 g/mol. The Balaban J connectivity index is 1.54. The molecule has 0 unspecified atom stereocenters. The summed E-state index contributed by atoms with van der Waals surface area (Å²) in [6, 6.07) is 25.0. The second-order valence-electron chi connectivity index (χ2n) is 10.4. The molecular formula is C36H30N6. The van der Waals surface area contributed by atoms with Crippen LogP contribution in [-0.2, 0) is 6.42 Å². The number of allylic oxidation sites excluding steroid dienone is 2. The Hall–Kier alpha value is -5.10. The zero-order valence-corrected chi connectivity index (χ0v) is 23.7. The van der Waals surface area contributed by atoms with E-state index in [1.54, 1.807) is 0 Å². The van der Waals surface area contributed by atoms with Gasteiger partial charge in [0.15, 0.2) is 11.6 Å². The highest BCUT2D eigenvalue weighted by atomic mass is 15.0. The van der Waals surface area contributed by atoms with Crippen molar-refractivity contribution in [2.45, 2.75) is 33.1 Å². The molecule has 0 atom stereocenters. The Labute approximate surface area is 245 Å². The number of nitrogens with zero attached hydrogens (tertiary/aromatic N) is 6. The van der Waals surface area contributed by atoms with E-state index in [-0.39, 0.29) is 0 Å². The van der Waals surface area contributed by atoms with E-state index >= 15 is 0 Å². The number of aryl methyl sites for hydroxylation is 1. The smallest absolute Gasteiger partial charge is 0.198 e. The molecule has 7 rings (SSSR count). The fraction of sp³-hybridized carbons (Fsp3) is 0.167. The first-order valence-electron chi connectivity index (χ1n) is 14.5. The number of rotatable bonds is 1. The number of para-hydroxylation sites is 1. The standard InChI is InChI=1S/C36H30N6/c1-3-29-23-11-9-13-25(21-23)33-27-15-5-7-17-31(27)39-35(41-33)36-40-32-18-8-6-16-28(32)34(42-36)26-14-10-12-24(22-26)30(4-2)38-20-19-37-29/h3,5-6,8-16,18-19,21-22H,4,7,17,20H2,1-2H3/b29-3+,37-19?,38-30?. The van der Waals surface area contributed by atoms with Crippen LogP contribution in [0.25, 0.3) is 56.8 Å². The molecule has 2 aliphatic rings. The molecule has 8 bridgehead atoms. The highest BCUT2D eigenvalue weighted by Gasteiger charge is 2.21. The second kappa shape index (κ2) is 11.1. The summed E-state index contributed by atoms with van der Waals surface area (Å²) in [5, 5.41) is 0.989. The summed E-state index contributed by atoms with van der Waals surface area (Å²) in [5.41, 5.74) is 10.7. The third kappa shape index (κ3) is 4.75. The zero-order valence-electron chi connectivity index (χ0n) is 23.7. The summed E-state index contributed by atoms with van der Waals surface area (Å²) < 4.78 is 0. The molecule has 3 aromatic carbocycles. The molecule has 1 aliphatic carbocycles. The van der Waals surface area contributed by atoms with Crippen LogP contribution in [0.4, 0.5) is 0 Å². The molecule has 0 saturated heterocycles. The summed E-state index contributed by atoms with van der Waals surface area (Å²) in [4.78, 5) is 30.0. The van der Waals surface area contributed by atoms with Crippen LogP contribution in [-0.4, -0.2) is 38.4 Å². The van der Waals surface area contributed by atoms with E-state index in [0.29, 0.717) is 18.2 Å². The van der Waals surface area contributed by atoms with Crippen LogP contribution < -0.4 is 0 Å². The van der Waals surface area contributed by atoms with Crippen molar-refractivity contribution < 1.29 is 0 Å². The van der Waals surface area contributed by atoms with Gasteiger partial charge in [-0.3, -0.25) is 9.98 Å². The fourth-order valence-corrected chi connectivity index (χ4v) is 5.70. The van der Waals surface area contributed by atoms with Crippen molar-refractivity contribution in [3.63, 3.8) is 0 Å². The fourth-order valence-electron chi connectivity index (χ4n) is 5.70. The molecule has 204 valence electrons. The van der Waals surface area contributed by atoms with Crippen LogP contribution in [0.15, 0.2) is 94.9 Å². The first-order valence-corrected chi connectivity index (χ1v) is 14.5. The van der Waals surface area contributed by atoms with Gasteiger partial charge in [-0.2, -0.15) is 0 Å². The van der Waals surface area contributed by atoms with E-state index in [0.717, 1.165) is 86.5 Å². The molecule has 6 nitrogen and oxygen atoms in total. The van der Waals surface area contributed by atoms with Gasteiger partial charge in [-0.25, -0.2) is 19.9 Å². The van der Waals surface area contributed by atoms with Crippen molar-refractivity contribution >= 4 is 34.6 Å². The van der Waals surface area contributed by atoms with Crippen LogP contribution in [0, 0.1) is 0 Å². The molecule has 42 heavy (non-hydrogen) atoms. The van der Waals surface area contributed by atoms with Gasteiger partial charge in [0.25, 0.3) is 0 Å². The topological polar surface area (TPSA) is 76.3 Å². The Morgan fingerprint density at radius 3 is 2.36 bits per heavy atom. The molecule has 0 saturated carbocycles. The lowest BCUT2D eigenvalue weighted by molar-refractivity contribution is 0.909. The number of hydrogen-bond donors (Lipinski definition) is 0. The maximum absolute atomic E-state index is 5.15. The molecule has 0 N–H and O–H groups in total. The maximum Gasteiger partial charge on any atom is 0.198 e. The van der Waals surface area contributed by atoms with Gasteiger partial charge >= 0.3 is 0 Å². The van der Waals surface area contributed by atoms with E-state index in [1.165, 1.54) is 0 Å². The van der Waals surface area contributed by atoms with E-state index in [9.17, 15) is 0 Å². The van der Waals surface area contributed by atoms with Crippen LogP contribution in [0.3, 0.4) is 0 Å².